The number of ether oxygens (including phenoxy) is 1. The van der Waals surface area contributed by atoms with Crippen LogP contribution in [0.2, 0.25) is 0 Å². The third-order valence-corrected chi connectivity index (χ3v) is 7.68. The normalized spacial score (nSPS) is 21.5. The fourth-order valence-corrected chi connectivity index (χ4v) is 5.88. The number of urea groups is 1. The molecule has 1 fully saturated rings. The zero-order chi connectivity index (χ0) is 27.7. The van der Waals surface area contributed by atoms with Crippen LogP contribution in [0, 0.1) is 11.6 Å². The minimum Gasteiger partial charge on any atom is -0.480 e. The molecule has 0 spiro atoms. The number of fused-ring (bicyclic) bond motifs is 1. The molecule has 206 valence electrons. The van der Waals surface area contributed by atoms with E-state index in [4.69, 9.17) is 9.84 Å². The smallest absolute Gasteiger partial charge is 0.323 e. The third-order valence-electron chi connectivity index (χ3n) is 7.68. The Morgan fingerprint density at radius 1 is 1.15 bits per heavy atom. The van der Waals surface area contributed by atoms with Crippen LogP contribution in [0.15, 0.2) is 48.5 Å². The first kappa shape index (κ1) is 26.8. The summed E-state index contributed by atoms with van der Waals surface area (Å²) in [5, 5.41) is 20.5. The maximum absolute atomic E-state index is 14.2. The molecule has 0 radical (unpaired) electrons. The molecule has 1 aliphatic heterocycles. The van der Waals surface area contributed by atoms with Crippen molar-refractivity contribution < 1.29 is 28.2 Å². The lowest BCUT2D eigenvalue weighted by molar-refractivity contribution is -0.145. The largest absolute Gasteiger partial charge is 0.480 e. The molecule has 1 saturated heterocycles. The monoisotopic (exact) mass is 539 g/mol. The molecule has 2 unspecified atom stereocenters. The van der Waals surface area contributed by atoms with E-state index < -0.39 is 47.7 Å². The second-order valence-electron chi connectivity index (χ2n) is 10.0. The summed E-state index contributed by atoms with van der Waals surface area (Å²) < 4.78 is 34.8. The predicted molar refractivity (Wildman–Crippen MR) is 140 cm³/mol. The highest BCUT2D eigenvalue weighted by Crippen LogP contribution is 2.36. The number of nitrogens with one attached hydrogen (secondary N) is 2. The summed E-state index contributed by atoms with van der Waals surface area (Å²) in [6.07, 6.45) is 2.57. The molecular weight excluding hydrogens is 508 g/mol. The number of anilines is 1. The van der Waals surface area contributed by atoms with Gasteiger partial charge in [0.15, 0.2) is 11.6 Å². The maximum Gasteiger partial charge on any atom is 0.323 e. The van der Waals surface area contributed by atoms with Crippen LogP contribution in [0.25, 0.3) is 5.69 Å². The van der Waals surface area contributed by atoms with E-state index in [1.165, 1.54) is 13.2 Å². The van der Waals surface area contributed by atoms with Gasteiger partial charge in [0.1, 0.15) is 11.9 Å². The lowest BCUT2D eigenvalue weighted by Crippen LogP contribution is -2.47. The number of carboxylic acid groups (broad SMARTS) is 1. The first-order valence-electron chi connectivity index (χ1n) is 12.9. The third kappa shape index (κ3) is 5.24. The van der Waals surface area contributed by atoms with E-state index in [1.54, 1.807) is 9.58 Å². The van der Waals surface area contributed by atoms with Crippen molar-refractivity contribution in [3.8, 4) is 5.69 Å². The van der Waals surface area contributed by atoms with E-state index in [0.29, 0.717) is 11.4 Å². The van der Waals surface area contributed by atoms with Gasteiger partial charge in [-0.2, -0.15) is 5.10 Å². The van der Waals surface area contributed by atoms with E-state index in [2.05, 4.69) is 10.6 Å². The van der Waals surface area contributed by atoms with Crippen molar-refractivity contribution in [2.45, 2.75) is 50.2 Å². The standard InChI is InChI=1S/C28H31F2N5O4/c1-16-25(17-11-12-20(29)21(30)13-17)23(14-34(16)24(15-39-2)27(36)37)31-28(38)32-26-19-9-6-10-22(19)33-35(26)18-7-4-3-5-8-18/h3-5,7-8,11-13,16,23-25H,6,9-10,14-15H2,1-2H3,(H,36,37)(H2,31,32,38)/t16?,23-,24?,25-/m1/s1. The van der Waals surface area contributed by atoms with Gasteiger partial charge >= 0.3 is 12.0 Å². The van der Waals surface area contributed by atoms with Crippen LogP contribution in [0.4, 0.5) is 19.4 Å². The van der Waals surface area contributed by atoms with Crippen LogP contribution in [0.1, 0.15) is 36.1 Å². The maximum atomic E-state index is 14.2. The zero-order valence-corrected chi connectivity index (χ0v) is 21.7. The summed E-state index contributed by atoms with van der Waals surface area (Å²) in [7, 11) is 1.42. The van der Waals surface area contributed by atoms with Gasteiger partial charge in [-0.25, -0.2) is 18.3 Å². The zero-order valence-electron chi connectivity index (χ0n) is 21.7. The number of carbonyl (C=O) groups excluding carboxylic acids is 1. The quantitative estimate of drug-likeness (QED) is 0.403. The number of nitrogens with zero attached hydrogens (tertiary/aromatic N) is 3. The predicted octanol–water partition coefficient (Wildman–Crippen LogP) is 3.72. The van der Waals surface area contributed by atoms with Crippen molar-refractivity contribution in [1.82, 2.24) is 20.0 Å². The lowest BCUT2D eigenvalue weighted by atomic mass is 9.89. The topological polar surface area (TPSA) is 109 Å². The molecule has 2 amide bonds. The summed E-state index contributed by atoms with van der Waals surface area (Å²) in [5.74, 6) is -2.97. The van der Waals surface area contributed by atoms with Crippen molar-refractivity contribution in [2.24, 2.45) is 0 Å². The number of para-hydroxylation sites is 1. The number of aromatic nitrogens is 2. The molecule has 1 aliphatic carbocycles. The van der Waals surface area contributed by atoms with E-state index in [1.807, 2.05) is 37.3 Å². The van der Waals surface area contributed by atoms with Crippen LogP contribution < -0.4 is 10.6 Å². The average Bonchev–Trinajstić information content (AvgIpc) is 3.59. The lowest BCUT2D eigenvalue weighted by Gasteiger charge is -2.29. The van der Waals surface area contributed by atoms with E-state index in [-0.39, 0.29) is 13.2 Å². The Hall–Kier alpha value is -3.83. The highest BCUT2D eigenvalue weighted by atomic mass is 19.2. The number of methoxy groups -OCH3 is 1. The number of benzene rings is 2. The molecule has 9 nitrogen and oxygen atoms in total. The Kier molecular flexibility index (Phi) is 7.62. The number of halogens is 2. The average molecular weight is 540 g/mol. The van der Waals surface area contributed by atoms with Crippen molar-refractivity contribution in [2.75, 3.05) is 25.6 Å². The molecule has 5 rings (SSSR count). The number of hydrogen-bond donors (Lipinski definition) is 3. The Bertz CT molecular complexity index is 1370. The molecule has 39 heavy (non-hydrogen) atoms. The van der Waals surface area contributed by atoms with Crippen molar-refractivity contribution >= 4 is 17.8 Å². The van der Waals surface area contributed by atoms with Gasteiger partial charge in [-0.15, -0.1) is 0 Å². The molecule has 2 aliphatic rings. The van der Waals surface area contributed by atoms with Gasteiger partial charge in [0.25, 0.3) is 0 Å². The Balaban J connectivity index is 1.44. The second kappa shape index (κ2) is 11.1. The first-order valence-corrected chi connectivity index (χ1v) is 12.9. The van der Waals surface area contributed by atoms with Gasteiger partial charge < -0.3 is 15.2 Å². The van der Waals surface area contributed by atoms with E-state index in [0.717, 1.165) is 48.3 Å². The van der Waals surface area contributed by atoms with Gasteiger partial charge in [0.2, 0.25) is 0 Å². The number of likely N-dealkylation sites (tertiary alicyclic amines) is 1. The SMILES string of the molecule is COCC(C(=O)O)N1C[C@@H](NC(=O)Nc2c3c(nn2-c2ccccc2)CCC3)[C@@H](c2ccc(F)c(F)c2)C1C. The fraction of sp³-hybridized carbons (Fsp3) is 0.393. The van der Waals surface area contributed by atoms with Gasteiger partial charge in [0.05, 0.1) is 24.0 Å². The second-order valence-corrected chi connectivity index (χ2v) is 10.0. The summed E-state index contributed by atoms with van der Waals surface area (Å²) in [6.45, 7) is 1.93. The highest BCUT2D eigenvalue weighted by Gasteiger charge is 2.45. The minimum absolute atomic E-state index is 0.0640. The molecule has 4 atom stereocenters. The highest BCUT2D eigenvalue weighted by molar-refractivity contribution is 5.90. The number of aryl methyl sites for hydroxylation is 1. The van der Waals surface area contributed by atoms with Gasteiger partial charge in [-0.05, 0) is 56.0 Å². The fourth-order valence-electron chi connectivity index (χ4n) is 5.88. The number of carbonyl (C=O) groups is 2. The number of amides is 2. The molecule has 3 N–H and O–H groups in total. The van der Waals surface area contributed by atoms with E-state index in [9.17, 15) is 23.5 Å². The van der Waals surface area contributed by atoms with Gasteiger partial charge in [-0.3, -0.25) is 15.0 Å². The molecule has 0 bridgehead atoms. The summed E-state index contributed by atoms with van der Waals surface area (Å²) >= 11 is 0. The number of rotatable bonds is 8. The Morgan fingerprint density at radius 3 is 2.62 bits per heavy atom. The van der Waals surface area contributed by atoms with Crippen LogP contribution in [0.3, 0.4) is 0 Å². The molecule has 0 saturated carbocycles. The first-order chi connectivity index (χ1) is 18.8. The molecule has 3 aromatic rings. The Labute approximate surface area is 224 Å². The molecule has 1 aromatic heterocycles. The molecule has 11 heteroatoms. The van der Waals surface area contributed by atoms with Crippen molar-refractivity contribution in [3.05, 3.63) is 77.0 Å². The summed E-state index contributed by atoms with van der Waals surface area (Å²) in [5.41, 5.74) is 3.20. The van der Waals surface area contributed by atoms with Crippen LogP contribution in [-0.2, 0) is 22.4 Å². The van der Waals surface area contributed by atoms with Gasteiger partial charge in [-0.1, -0.05) is 24.3 Å². The van der Waals surface area contributed by atoms with Crippen molar-refractivity contribution in [3.63, 3.8) is 0 Å². The van der Waals surface area contributed by atoms with Gasteiger partial charge in [0, 0.05) is 31.2 Å². The van der Waals surface area contributed by atoms with Crippen LogP contribution >= 0.6 is 0 Å². The number of aliphatic carboxylic acids is 1. The number of carboxylic acids is 1. The Morgan fingerprint density at radius 2 is 1.92 bits per heavy atom. The number of hydrogen-bond acceptors (Lipinski definition) is 5. The summed E-state index contributed by atoms with van der Waals surface area (Å²) in [4.78, 5) is 27.2. The summed E-state index contributed by atoms with van der Waals surface area (Å²) in [6, 6.07) is 10.6. The molecule has 2 heterocycles. The van der Waals surface area contributed by atoms with Crippen LogP contribution in [0.5, 0.6) is 0 Å². The molecular formula is C28H31F2N5O4. The van der Waals surface area contributed by atoms with E-state index >= 15 is 0 Å². The van der Waals surface area contributed by atoms with Crippen LogP contribution in [-0.4, -0.2) is 70.2 Å². The van der Waals surface area contributed by atoms with Crippen molar-refractivity contribution in [1.29, 1.82) is 0 Å². The molecule has 2 aromatic carbocycles. The minimum atomic E-state index is -1.07.